The number of nitrogen functional groups attached to an aromatic ring is 1. The number of amides is 1. The molecule has 0 saturated carbocycles. The average molecular weight is 339 g/mol. The Morgan fingerprint density at radius 1 is 1.24 bits per heavy atom. The minimum Gasteiger partial charge on any atom is -0.486 e. The third kappa shape index (κ3) is 4.05. The van der Waals surface area contributed by atoms with Gasteiger partial charge in [0.1, 0.15) is 11.9 Å². The van der Waals surface area contributed by atoms with Gasteiger partial charge in [0, 0.05) is 11.4 Å². The van der Waals surface area contributed by atoms with Gasteiger partial charge >= 0.3 is 0 Å². The number of hydrogen-bond donors (Lipinski definition) is 2. The molecule has 5 nitrogen and oxygen atoms in total. The Morgan fingerprint density at radius 3 is 2.68 bits per heavy atom. The number of nitrogens with one attached hydrogen (secondary N) is 1. The number of ether oxygens (including phenoxy) is 1. The number of anilines is 3. The lowest BCUT2D eigenvalue weighted by atomic mass is 10.1. The van der Waals surface area contributed by atoms with Crippen molar-refractivity contribution < 1.29 is 9.53 Å². The summed E-state index contributed by atoms with van der Waals surface area (Å²) in [5, 5.41) is 2.97. The maximum absolute atomic E-state index is 12.5. The summed E-state index contributed by atoms with van der Waals surface area (Å²) in [6, 6.07) is 13.5. The molecule has 1 atom stereocenters. The van der Waals surface area contributed by atoms with Gasteiger partial charge in [-0.1, -0.05) is 26.0 Å². The van der Waals surface area contributed by atoms with E-state index < -0.39 is 0 Å². The largest absolute Gasteiger partial charge is 0.486 e. The first-order chi connectivity index (χ1) is 12.1. The van der Waals surface area contributed by atoms with Crippen molar-refractivity contribution in [1.82, 2.24) is 0 Å². The topological polar surface area (TPSA) is 67.6 Å². The standard InChI is InChI=1S/C20H25N3O2/c1-3-14-5-8-16(9-6-14)22-20(24)13-23-12-17(4-2)25-19-10-7-15(21)11-18(19)23/h5-11,17H,3-4,12-13,21H2,1-2H3,(H,22,24). The van der Waals surface area contributed by atoms with Crippen molar-refractivity contribution in [2.45, 2.75) is 32.8 Å². The van der Waals surface area contributed by atoms with Gasteiger partial charge in [0.25, 0.3) is 0 Å². The molecule has 0 radical (unpaired) electrons. The van der Waals surface area contributed by atoms with Crippen LogP contribution in [-0.2, 0) is 11.2 Å². The Balaban J connectivity index is 1.72. The van der Waals surface area contributed by atoms with Crippen LogP contribution < -0.4 is 20.7 Å². The van der Waals surface area contributed by atoms with E-state index in [9.17, 15) is 4.79 Å². The first kappa shape index (κ1) is 17.1. The number of rotatable bonds is 5. The third-order valence-corrected chi connectivity index (χ3v) is 4.48. The summed E-state index contributed by atoms with van der Waals surface area (Å²) in [5.74, 6) is 0.738. The minimum atomic E-state index is -0.0469. The Labute approximate surface area is 148 Å². The van der Waals surface area contributed by atoms with Crippen LogP contribution in [0.2, 0.25) is 0 Å². The van der Waals surface area contributed by atoms with E-state index in [-0.39, 0.29) is 18.6 Å². The van der Waals surface area contributed by atoms with Crippen molar-refractivity contribution in [2.24, 2.45) is 0 Å². The molecule has 1 amide bonds. The van der Waals surface area contributed by atoms with Crippen LogP contribution in [0, 0.1) is 0 Å². The van der Waals surface area contributed by atoms with Crippen LogP contribution in [0.25, 0.3) is 0 Å². The average Bonchev–Trinajstić information content (AvgIpc) is 2.62. The maximum Gasteiger partial charge on any atom is 0.243 e. The first-order valence-corrected chi connectivity index (χ1v) is 8.79. The van der Waals surface area contributed by atoms with Crippen molar-refractivity contribution in [3.63, 3.8) is 0 Å². The lowest BCUT2D eigenvalue weighted by Crippen LogP contribution is -2.43. The Morgan fingerprint density at radius 2 is 2.00 bits per heavy atom. The summed E-state index contributed by atoms with van der Waals surface area (Å²) in [6.07, 6.45) is 1.95. The van der Waals surface area contributed by atoms with Crippen molar-refractivity contribution >= 4 is 23.0 Å². The molecule has 0 spiro atoms. The van der Waals surface area contributed by atoms with E-state index in [0.717, 1.165) is 30.0 Å². The minimum absolute atomic E-state index is 0.0469. The predicted octanol–water partition coefficient (Wildman–Crippen LogP) is 3.45. The van der Waals surface area contributed by atoms with Gasteiger partial charge in [0.05, 0.1) is 18.8 Å². The highest BCUT2D eigenvalue weighted by Gasteiger charge is 2.26. The van der Waals surface area contributed by atoms with Crippen LogP contribution >= 0.6 is 0 Å². The maximum atomic E-state index is 12.5. The summed E-state index contributed by atoms with van der Waals surface area (Å²) in [7, 11) is 0. The molecular formula is C20H25N3O2. The molecule has 0 saturated heterocycles. The second-order valence-corrected chi connectivity index (χ2v) is 6.35. The molecular weight excluding hydrogens is 314 g/mol. The number of fused-ring (bicyclic) bond motifs is 1. The molecule has 3 rings (SSSR count). The summed E-state index contributed by atoms with van der Waals surface area (Å²) >= 11 is 0. The summed E-state index contributed by atoms with van der Waals surface area (Å²) in [6.45, 7) is 5.14. The van der Waals surface area contributed by atoms with E-state index in [1.807, 2.05) is 47.4 Å². The van der Waals surface area contributed by atoms with Gasteiger partial charge in [-0.15, -0.1) is 0 Å². The summed E-state index contributed by atoms with van der Waals surface area (Å²) < 4.78 is 5.96. The van der Waals surface area contributed by atoms with Crippen LogP contribution in [0.4, 0.5) is 17.1 Å². The van der Waals surface area contributed by atoms with Gasteiger partial charge < -0.3 is 20.7 Å². The molecule has 1 aliphatic rings. The monoisotopic (exact) mass is 339 g/mol. The molecule has 0 fully saturated rings. The lowest BCUT2D eigenvalue weighted by molar-refractivity contribution is -0.115. The molecule has 132 valence electrons. The highest BCUT2D eigenvalue weighted by molar-refractivity contribution is 5.94. The Hall–Kier alpha value is -2.69. The van der Waals surface area contributed by atoms with E-state index in [1.165, 1.54) is 5.56 Å². The number of hydrogen-bond acceptors (Lipinski definition) is 4. The number of benzene rings is 2. The van der Waals surface area contributed by atoms with E-state index in [4.69, 9.17) is 10.5 Å². The zero-order chi connectivity index (χ0) is 17.8. The molecule has 0 aromatic heterocycles. The third-order valence-electron chi connectivity index (χ3n) is 4.48. The Kier molecular flexibility index (Phi) is 5.12. The fourth-order valence-corrected chi connectivity index (χ4v) is 3.00. The molecule has 25 heavy (non-hydrogen) atoms. The van der Waals surface area contributed by atoms with Crippen molar-refractivity contribution in [3.8, 4) is 5.75 Å². The normalized spacial score (nSPS) is 16.1. The van der Waals surface area contributed by atoms with Crippen LogP contribution in [-0.4, -0.2) is 25.1 Å². The lowest BCUT2D eigenvalue weighted by Gasteiger charge is -2.35. The SMILES string of the molecule is CCc1ccc(NC(=O)CN2CC(CC)Oc3ccc(N)cc32)cc1. The van der Waals surface area contributed by atoms with Gasteiger partial charge in [-0.05, 0) is 48.7 Å². The summed E-state index contributed by atoms with van der Waals surface area (Å²) in [5.41, 5.74) is 9.52. The van der Waals surface area contributed by atoms with Crippen LogP contribution in [0.15, 0.2) is 42.5 Å². The molecule has 3 N–H and O–H groups in total. The predicted molar refractivity (Wildman–Crippen MR) is 102 cm³/mol. The van der Waals surface area contributed by atoms with E-state index >= 15 is 0 Å². The second-order valence-electron chi connectivity index (χ2n) is 6.35. The molecule has 1 unspecified atom stereocenters. The van der Waals surface area contributed by atoms with Gasteiger partial charge in [-0.3, -0.25) is 4.79 Å². The first-order valence-electron chi connectivity index (χ1n) is 8.79. The van der Waals surface area contributed by atoms with Gasteiger partial charge in [-0.2, -0.15) is 0 Å². The number of carbonyl (C=O) groups is 1. The fraction of sp³-hybridized carbons (Fsp3) is 0.350. The summed E-state index contributed by atoms with van der Waals surface area (Å²) in [4.78, 5) is 14.5. The zero-order valence-corrected chi connectivity index (χ0v) is 14.8. The highest BCUT2D eigenvalue weighted by atomic mass is 16.5. The van der Waals surface area contributed by atoms with Crippen molar-refractivity contribution in [1.29, 1.82) is 0 Å². The van der Waals surface area contributed by atoms with Crippen LogP contribution in [0.5, 0.6) is 5.75 Å². The molecule has 1 aliphatic heterocycles. The number of nitrogens with zero attached hydrogens (tertiary/aromatic N) is 1. The Bertz CT molecular complexity index is 743. The highest BCUT2D eigenvalue weighted by Crippen LogP contribution is 2.35. The smallest absolute Gasteiger partial charge is 0.243 e. The van der Waals surface area contributed by atoms with Gasteiger partial charge in [0.15, 0.2) is 0 Å². The van der Waals surface area contributed by atoms with E-state index in [0.29, 0.717) is 12.2 Å². The second kappa shape index (κ2) is 7.47. The number of nitrogens with two attached hydrogens (primary N) is 1. The number of aryl methyl sites for hydroxylation is 1. The van der Waals surface area contributed by atoms with E-state index in [2.05, 4.69) is 19.2 Å². The van der Waals surface area contributed by atoms with Crippen molar-refractivity contribution in [3.05, 3.63) is 48.0 Å². The molecule has 0 bridgehead atoms. The molecule has 2 aromatic rings. The fourth-order valence-electron chi connectivity index (χ4n) is 3.00. The molecule has 2 aromatic carbocycles. The number of carbonyl (C=O) groups excluding carboxylic acids is 1. The molecule has 5 heteroatoms. The zero-order valence-electron chi connectivity index (χ0n) is 14.8. The van der Waals surface area contributed by atoms with Gasteiger partial charge in [0.2, 0.25) is 5.91 Å². The van der Waals surface area contributed by atoms with Gasteiger partial charge in [-0.25, -0.2) is 0 Å². The quantitative estimate of drug-likeness (QED) is 0.819. The van der Waals surface area contributed by atoms with Crippen LogP contribution in [0.3, 0.4) is 0 Å². The van der Waals surface area contributed by atoms with Crippen LogP contribution in [0.1, 0.15) is 25.8 Å². The van der Waals surface area contributed by atoms with E-state index in [1.54, 1.807) is 0 Å². The van der Waals surface area contributed by atoms with Crippen molar-refractivity contribution in [2.75, 3.05) is 29.0 Å². The molecule has 1 heterocycles. The molecule has 0 aliphatic carbocycles.